The summed E-state index contributed by atoms with van der Waals surface area (Å²) < 4.78 is 28.2. The molecule has 6 nitrogen and oxygen atoms in total. The van der Waals surface area contributed by atoms with Crippen LogP contribution in [0.2, 0.25) is 5.02 Å². The molecule has 3 aromatic rings. The maximum absolute atomic E-state index is 14.7. The van der Waals surface area contributed by atoms with E-state index in [1.165, 1.54) is 24.3 Å². The Bertz CT molecular complexity index is 1400. The zero-order chi connectivity index (χ0) is 23.8. The summed E-state index contributed by atoms with van der Waals surface area (Å²) in [4.78, 5) is 20.2. The summed E-state index contributed by atoms with van der Waals surface area (Å²) in [6, 6.07) is 14.3. The molecule has 2 aliphatic heterocycles. The van der Waals surface area contributed by atoms with Gasteiger partial charge in [-0.1, -0.05) is 23.7 Å². The molecule has 0 bridgehead atoms. The highest BCUT2D eigenvalue weighted by Crippen LogP contribution is 2.38. The summed E-state index contributed by atoms with van der Waals surface area (Å²) in [5, 5.41) is 15.9. The van der Waals surface area contributed by atoms with Gasteiger partial charge in [-0.3, -0.25) is 4.99 Å². The summed E-state index contributed by atoms with van der Waals surface area (Å²) in [6.45, 7) is 0.308. The Hall–Kier alpha value is -4.04. The van der Waals surface area contributed by atoms with Crippen LogP contribution in [0, 0.1) is 11.6 Å². The third-order valence-electron chi connectivity index (χ3n) is 5.58. The van der Waals surface area contributed by atoms with Gasteiger partial charge in [0.15, 0.2) is 0 Å². The number of fused-ring (bicyclic) bond motifs is 2. The van der Waals surface area contributed by atoms with Crippen LogP contribution < -0.4 is 10.6 Å². The number of nitrogens with zero attached hydrogens (tertiary/aromatic N) is 2. The van der Waals surface area contributed by atoms with Crippen LogP contribution in [-0.4, -0.2) is 29.8 Å². The Kier molecular flexibility index (Phi) is 5.59. The van der Waals surface area contributed by atoms with Crippen molar-refractivity contribution in [2.45, 2.75) is 6.04 Å². The summed E-state index contributed by atoms with van der Waals surface area (Å²) in [5.41, 5.74) is 4.03. The van der Waals surface area contributed by atoms with Crippen LogP contribution in [0.1, 0.15) is 33.1 Å². The molecular formula is C25H17ClF2N4O2. The van der Waals surface area contributed by atoms with Crippen molar-refractivity contribution in [1.29, 1.82) is 0 Å². The van der Waals surface area contributed by atoms with Crippen molar-refractivity contribution in [3.63, 3.8) is 0 Å². The van der Waals surface area contributed by atoms with Gasteiger partial charge in [0.1, 0.15) is 17.7 Å². The quantitative estimate of drug-likeness (QED) is 0.478. The van der Waals surface area contributed by atoms with E-state index in [2.05, 4.69) is 20.6 Å². The van der Waals surface area contributed by atoms with Gasteiger partial charge in [0.2, 0.25) is 5.96 Å². The lowest BCUT2D eigenvalue weighted by atomic mass is 9.92. The maximum atomic E-state index is 14.7. The van der Waals surface area contributed by atoms with Gasteiger partial charge in [0.25, 0.3) is 0 Å². The highest BCUT2D eigenvalue weighted by atomic mass is 35.5. The molecule has 0 aliphatic carbocycles. The van der Waals surface area contributed by atoms with Crippen molar-refractivity contribution < 1.29 is 18.7 Å². The first-order valence-corrected chi connectivity index (χ1v) is 10.7. The molecule has 2 aliphatic rings. The minimum atomic E-state index is -1.00. The van der Waals surface area contributed by atoms with Crippen molar-refractivity contribution in [2.24, 2.45) is 9.98 Å². The Balaban J connectivity index is 1.48. The Labute approximate surface area is 198 Å². The zero-order valence-corrected chi connectivity index (χ0v) is 18.3. The van der Waals surface area contributed by atoms with Crippen molar-refractivity contribution in [3.8, 4) is 0 Å². The normalized spacial score (nSPS) is 16.7. The SMILES string of the molecule is O=C(O)c1ccc(NC2=NCC3=C(N2)c2ccc(Cl)cc2C(c2ccc(F)cc2F)N=C3)cc1. The van der Waals surface area contributed by atoms with E-state index < -0.39 is 23.6 Å². The van der Waals surface area contributed by atoms with Crippen molar-refractivity contribution in [1.82, 2.24) is 5.32 Å². The Morgan fingerprint density at radius 3 is 2.59 bits per heavy atom. The lowest BCUT2D eigenvalue weighted by Gasteiger charge is -2.23. The molecular weight excluding hydrogens is 462 g/mol. The van der Waals surface area contributed by atoms with E-state index in [0.717, 1.165) is 22.9 Å². The van der Waals surface area contributed by atoms with E-state index in [1.807, 2.05) is 6.07 Å². The van der Waals surface area contributed by atoms with Gasteiger partial charge in [-0.05, 0) is 48.0 Å². The lowest BCUT2D eigenvalue weighted by Crippen LogP contribution is -2.34. The first-order valence-electron chi connectivity index (χ1n) is 10.3. The third-order valence-corrected chi connectivity index (χ3v) is 5.82. The molecule has 1 atom stereocenters. The zero-order valence-electron chi connectivity index (χ0n) is 17.5. The van der Waals surface area contributed by atoms with Gasteiger partial charge in [-0.15, -0.1) is 0 Å². The average molecular weight is 479 g/mol. The Morgan fingerprint density at radius 2 is 1.85 bits per heavy atom. The van der Waals surface area contributed by atoms with Gasteiger partial charge in [-0.25, -0.2) is 18.6 Å². The summed E-state index contributed by atoms with van der Waals surface area (Å²) in [7, 11) is 0. The number of aromatic carboxylic acids is 1. The maximum Gasteiger partial charge on any atom is 0.335 e. The molecule has 0 saturated carbocycles. The van der Waals surface area contributed by atoms with E-state index in [9.17, 15) is 13.6 Å². The van der Waals surface area contributed by atoms with Gasteiger partial charge >= 0.3 is 5.97 Å². The summed E-state index contributed by atoms with van der Waals surface area (Å²) in [6.07, 6.45) is 1.64. The van der Waals surface area contributed by atoms with Crippen LogP contribution in [0.4, 0.5) is 14.5 Å². The van der Waals surface area contributed by atoms with Crippen molar-refractivity contribution in [3.05, 3.63) is 105 Å². The molecule has 34 heavy (non-hydrogen) atoms. The molecule has 1 unspecified atom stereocenters. The average Bonchev–Trinajstić information content (AvgIpc) is 2.96. The number of halogens is 3. The molecule has 9 heteroatoms. The molecule has 3 N–H and O–H groups in total. The van der Waals surface area contributed by atoms with Crippen molar-refractivity contribution in [2.75, 3.05) is 11.9 Å². The van der Waals surface area contributed by atoms with E-state index in [4.69, 9.17) is 16.7 Å². The van der Waals surface area contributed by atoms with Crippen LogP contribution >= 0.6 is 11.6 Å². The van der Waals surface area contributed by atoms with Crippen LogP contribution in [0.25, 0.3) is 5.70 Å². The third kappa shape index (κ3) is 4.15. The number of guanidine groups is 1. The molecule has 0 radical (unpaired) electrons. The number of hydrogen-bond acceptors (Lipinski definition) is 5. The minimum Gasteiger partial charge on any atom is -0.478 e. The highest BCUT2D eigenvalue weighted by molar-refractivity contribution is 6.30. The molecule has 0 amide bonds. The van der Waals surface area contributed by atoms with E-state index in [1.54, 1.807) is 30.5 Å². The first-order chi connectivity index (χ1) is 16.4. The number of rotatable bonds is 3. The first kappa shape index (κ1) is 21.8. The number of anilines is 1. The number of benzene rings is 3. The number of aliphatic imine (C=N–C) groups is 2. The van der Waals surface area contributed by atoms with Crippen LogP contribution in [-0.2, 0) is 0 Å². The smallest absolute Gasteiger partial charge is 0.335 e. The monoisotopic (exact) mass is 478 g/mol. The fourth-order valence-corrected chi connectivity index (χ4v) is 4.11. The van der Waals surface area contributed by atoms with E-state index in [0.29, 0.717) is 28.8 Å². The number of carboxylic acids is 1. The second-order valence-electron chi connectivity index (χ2n) is 7.78. The second kappa shape index (κ2) is 8.72. The standard InChI is InChI=1S/C25H17ClF2N4O2/c26-15-3-7-18-20(9-15)23(19-8-4-16(27)10-21(19)28)29-11-14-12-30-25(32-22(14)18)31-17-5-1-13(2-6-17)24(33)34/h1-11,23H,12H2,(H,33,34)(H2,30,31,32). The topological polar surface area (TPSA) is 86.1 Å². The number of carboxylic acid groups (broad SMARTS) is 1. The second-order valence-corrected chi connectivity index (χ2v) is 8.21. The van der Waals surface area contributed by atoms with E-state index in [-0.39, 0.29) is 11.1 Å². The highest BCUT2D eigenvalue weighted by Gasteiger charge is 2.27. The molecule has 0 spiro atoms. The van der Waals surface area contributed by atoms with Gasteiger partial charge < -0.3 is 15.7 Å². The predicted molar refractivity (Wildman–Crippen MR) is 128 cm³/mol. The van der Waals surface area contributed by atoms with Crippen LogP contribution in [0.15, 0.2) is 76.2 Å². The summed E-state index contributed by atoms with van der Waals surface area (Å²) in [5.74, 6) is -1.90. The largest absolute Gasteiger partial charge is 0.478 e. The molecule has 3 aromatic carbocycles. The molecule has 170 valence electrons. The fraction of sp³-hybridized carbons (Fsp3) is 0.0800. The molecule has 0 fully saturated rings. The fourth-order valence-electron chi connectivity index (χ4n) is 3.93. The number of carbonyl (C=O) groups is 1. The van der Waals surface area contributed by atoms with Gasteiger partial charge in [0.05, 0.1) is 17.8 Å². The van der Waals surface area contributed by atoms with E-state index >= 15 is 0 Å². The number of hydrogen-bond donors (Lipinski definition) is 3. The van der Waals surface area contributed by atoms with Gasteiger partial charge in [-0.2, -0.15) is 0 Å². The predicted octanol–water partition coefficient (Wildman–Crippen LogP) is 5.27. The van der Waals surface area contributed by atoms with Gasteiger partial charge in [0, 0.05) is 39.7 Å². The number of nitrogens with one attached hydrogen (secondary N) is 2. The molecule has 0 saturated heterocycles. The van der Waals surface area contributed by atoms with Crippen LogP contribution in [0.5, 0.6) is 0 Å². The summed E-state index contributed by atoms with van der Waals surface area (Å²) >= 11 is 6.27. The molecule has 2 heterocycles. The lowest BCUT2D eigenvalue weighted by molar-refractivity contribution is 0.0697. The Morgan fingerprint density at radius 1 is 1.06 bits per heavy atom. The van der Waals surface area contributed by atoms with Crippen molar-refractivity contribution >= 4 is 41.1 Å². The van der Waals surface area contributed by atoms with Crippen LogP contribution in [0.3, 0.4) is 0 Å². The minimum absolute atomic E-state index is 0.180. The molecule has 5 rings (SSSR count). The molecule has 0 aromatic heterocycles.